The van der Waals surface area contributed by atoms with E-state index in [2.05, 4.69) is 10.2 Å². The third-order valence-corrected chi connectivity index (χ3v) is 6.12. The largest absolute Gasteiger partial charge is 0.478 e. The lowest BCUT2D eigenvalue weighted by Gasteiger charge is -2.16. The van der Waals surface area contributed by atoms with Crippen molar-refractivity contribution in [3.05, 3.63) is 70.2 Å². The summed E-state index contributed by atoms with van der Waals surface area (Å²) in [4.78, 5) is 37.9. The van der Waals surface area contributed by atoms with Crippen LogP contribution < -0.4 is 5.69 Å². The van der Waals surface area contributed by atoms with Gasteiger partial charge in [-0.3, -0.25) is 4.79 Å². The van der Waals surface area contributed by atoms with Gasteiger partial charge in [-0.05, 0) is 54.7 Å². The minimum atomic E-state index is -1.07. The Balaban J connectivity index is 1.45. The minimum absolute atomic E-state index is 0.0591. The number of H-pyrrole nitrogens is 1. The van der Waals surface area contributed by atoms with Gasteiger partial charge in [0.25, 0.3) is 0 Å². The number of rotatable bonds is 5. The zero-order valence-corrected chi connectivity index (χ0v) is 17.1. The summed E-state index contributed by atoms with van der Waals surface area (Å²) in [6, 6.07) is 10.6. The maximum atomic E-state index is 15.1. The smallest absolute Gasteiger partial charge is 0.348 e. The molecule has 0 bridgehead atoms. The molecule has 8 nitrogen and oxygen atoms in total. The van der Waals surface area contributed by atoms with Gasteiger partial charge in [-0.15, -0.1) is 0 Å². The van der Waals surface area contributed by atoms with E-state index >= 15 is 4.39 Å². The first kappa shape index (κ1) is 20.2. The lowest BCUT2D eigenvalue weighted by molar-refractivity contribution is -0.131. The molecule has 2 fully saturated rings. The van der Waals surface area contributed by atoms with E-state index < -0.39 is 17.5 Å². The van der Waals surface area contributed by atoms with Crippen LogP contribution in [0.15, 0.2) is 47.3 Å². The van der Waals surface area contributed by atoms with E-state index in [1.54, 1.807) is 23.1 Å². The average molecular weight is 436 g/mol. The van der Waals surface area contributed by atoms with Crippen LogP contribution in [0.4, 0.5) is 4.39 Å². The van der Waals surface area contributed by atoms with Crippen LogP contribution in [0.3, 0.4) is 0 Å². The molecule has 164 valence electrons. The minimum Gasteiger partial charge on any atom is -0.478 e. The number of nitrogens with zero attached hydrogens (tertiary/aromatic N) is 3. The summed E-state index contributed by atoms with van der Waals surface area (Å²) in [7, 11) is 0. The number of likely N-dealkylation sites (tertiary alicyclic amines) is 1. The summed E-state index contributed by atoms with van der Waals surface area (Å²) in [5.74, 6) is -1.18. The number of halogens is 1. The first-order chi connectivity index (χ1) is 15.4. The molecule has 0 spiro atoms. The summed E-state index contributed by atoms with van der Waals surface area (Å²) in [6.07, 6.45) is 2.52. The number of aromatic amines is 1. The van der Waals surface area contributed by atoms with Gasteiger partial charge in [0.1, 0.15) is 11.6 Å². The number of carbonyl (C=O) groups is 2. The Hall–Kier alpha value is -3.75. The van der Waals surface area contributed by atoms with Gasteiger partial charge in [-0.25, -0.2) is 23.6 Å². The molecule has 0 radical (unpaired) electrons. The molecule has 1 saturated carbocycles. The molecule has 2 aliphatic rings. The van der Waals surface area contributed by atoms with Crippen LogP contribution in [-0.2, 0) is 4.79 Å². The van der Waals surface area contributed by atoms with Crippen molar-refractivity contribution in [3.8, 4) is 16.8 Å². The zero-order chi connectivity index (χ0) is 22.4. The number of nitrogens with one attached hydrogen (secondary N) is 1. The van der Waals surface area contributed by atoms with Crippen LogP contribution in [0.1, 0.15) is 41.4 Å². The van der Waals surface area contributed by atoms with Crippen molar-refractivity contribution in [2.45, 2.75) is 25.2 Å². The third-order valence-electron chi connectivity index (χ3n) is 6.12. The van der Waals surface area contributed by atoms with Gasteiger partial charge in [-0.1, -0.05) is 18.2 Å². The SMILES string of the molecule is O=C(O)c1cccc(-c2ccc(-n3c(C4CCN(C(=O)C5CC5)C4)n[nH]c3=O)c(F)c2)c1. The third kappa shape index (κ3) is 3.59. The predicted molar refractivity (Wildman–Crippen MR) is 113 cm³/mol. The quantitative estimate of drug-likeness (QED) is 0.639. The predicted octanol–water partition coefficient (Wildman–Crippen LogP) is 2.79. The van der Waals surface area contributed by atoms with Crippen LogP contribution >= 0.6 is 0 Å². The number of hydrogen-bond acceptors (Lipinski definition) is 4. The van der Waals surface area contributed by atoms with E-state index in [1.807, 2.05) is 0 Å². The number of amides is 1. The Morgan fingerprint density at radius 3 is 2.59 bits per heavy atom. The maximum absolute atomic E-state index is 15.1. The molecule has 5 rings (SSSR count). The van der Waals surface area contributed by atoms with E-state index in [4.69, 9.17) is 0 Å². The lowest BCUT2D eigenvalue weighted by atomic mass is 10.0. The van der Waals surface area contributed by atoms with Crippen molar-refractivity contribution in [1.29, 1.82) is 0 Å². The molecular weight excluding hydrogens is 415 g/mol. The van der Waals surface area contributed by atoms with Gasteiger partial charge in [-0.2, -0.15) is 5.10 Å². The number of aromatic carboxylic acids is 1. The number of hydrogen-bond donors (Lipinski definition) is 2. The second-order valence-electron chi connectivity index (χ2n) is 8.32. The first-order valence-electron chi connectivity index (χ1n) is 10.5. The van der Waals surface area contributed by atoms with E-state index in [9.17, 15) is 19.5 Å². The highest BCUT2D eigenvalue weighted by atomic mass is 19.1. The molecule has 32 heavy (non-hydrogen) atoms. The van der Waals surface area contributed by atoms with Crippen molar-refractivity contribution in [1.82, 2.24) is 19.7 Å². The van der Waals surface area contributed by atoms with Gasteiger partial charge in [0.2, 0.25) is 5.91 Å². The summed E-state index contributed by atoms with van der Waals surface area (Å²) >= 11 is 0. The molecule has 3 aromatic rings. The Morgan fingerprint density at radius 2 is 1.88 bits per heavy atom. The van der Waals surface area contributed by atoms with Crippen molar-refractivity contribution >= 4 is 11.9 Å². The summed E-state index contributed by atoms with van der Waals surface area (Å²) in [6.45, 7) is 1.06. The highest BCUT2D eigenvalue weighted by Gasteiger charge is 2.38. The monoisotopic (exact) mass is 436 g/mol. The fraction of sp³-hybridized carbons (Fsp3) is 0.304. The van der Waals surface area contributed by atoms with Gasteiger partial charge in [0, 0.05) is 24.9 Å². The van der Waals surface area contributed by atoms with Crippen LogP contribution in [0.5, 0.6) is 0 Å². The summed E-state index contributed by atoms with van der Waals surface area (Å²) in [5.41, 5.74) is 0.664. The van der Waals surface area contributed by atoms with Crippen LogP contribution in [0, 0.1) is 11.7 Å². The van der Waals surface area contributed by atoms with Crippen molar-refractivity contribution in [2.75, 3.05) is 13.1 Å². The molecule has 1 saturated heterocycles. The number of carboxylic acid groups (broad SMARTS) is 1. The van der Waals surface area contributed by atoms with Gasteiger partial charge < -0.3 is 10.0 Å². The number of carbonyl (C=O) groups excluding carboxylic acids is 1. The highest BCUT2D eigenvalue weighted by Crippen LogP contribution is 2.35. The normalized spacial score (nSPS) is 18.2. The highest BCUT2D eigenvalue weighted by molar-refractivity contribution is 5.89. The second kappa shape index (κ2) is 7.74. The van der Waals surface area contributed by atoms with E-state index in [0.717, 1.165) is 12.8 Å². The maximum Gasteiger partial charge on any atom is 0.348 e. The number of aromatic nitrogens is 3. The zero-order valence-electron chi connectivity index (χ0n) is 17.1. The molecule has 2 aromatic carbocycles. The molecule has 1 unspecified atom stereocenters. The van der Waals surface area contributed by atoms with Gasteiger partial charge in [0.15, 0.2) is 0 Å². The van der Waals surface area contributed by atoms with Crippen molar-refractivity contribution in [3.63, 3.8) is 0 Å². The van der Waals surface area contributed by atoms with Crippen LogP contribution in [-0.4, -0.2) is 49.7 Å². The summed E-state index contributed by atoms with van der Waals surface area (Å²) in [5, 5.41) is 15.7. The first-order valence-corrected chi connectivity index (χ1v) is 10.5. The average Bonchev–Trinajstić information content (AvgIpc) is 3.41. The molecule has 2 heterocycles. The Bertz CT molecular complexity index is 1280. The van der Waals surface area contributed by atoms with Crippen molar-refractivity contribution in [2.24, 2.45) is 5.92 Å². The number of carboxylic acids is 1. The molecule has 1 aliphatic heterocycles. The van der Waals surface area contributed by atoms with Gasteiger partial charge >= 0.3 is 11.7 Å². The van der Waals surface area contributed by atoms with E-state index in [1.165, 1.54) is 28.8 Å². The molecule has 1 aliphatic carbocycles. The Morgan fingerprint density at radius 1 is 1.09 bits per heavy atom. The fourth-order valence-electron chi connectivity index (χ4n) is 4.28. The molecular formula is C23H21FN4O4. The molecule has 2 N–H and O–H groups in total. The molecule has 1 aromatic heterocycles. The van der Waals surface area contributed by atoms with Crippen molar-refractivity contribution < 1.29 is 19.1 Å². The van der Waals surface area contributed by atoms with Crippen LogP contribution in [0.25, 0.3) is 16.8 Å². The summed E-state index contributed by atoms with van der Waals surface area (Å²) < 4.78 is 16.4. The van der Waals surface area contributed by atoms with E-state index in [0.29, 0.717) is 36.5 Å². The molecule has 9 heteroatoms. The second-order valence-corrected chi connectivity index (χ2v) is 8.32. The topological polar surface area (TPSA) is 108 Å². The Kier molecular flexibility index (Phi) is 4.88. The van der Waals surface area contributed by atoms with Gasteiger partial charge in [0.05, 0.1) is 11.3 Å². The fourth-order valence-corrected chi connectivity index (χ4v) is 4.28. The Labute approximate surface area is 182 Å². The number of benzene rings is 2. The van der Waals surface area contributed by atoms with Crippen LogP contribution in [0.2, 0.25) is 0 Å². The molecule has 1 amide bonds. The standard InChI is InChI=1S/C23H21FN4O4/c24-18-11-15(14-2-1-3-16(10-14)22(30)31)6-7-19(18)28-20(25-26-23(28)32)17-8-9-27(12-17)21(29)13-4-5-13/h1-3,6-7,10-11,13,17H,4-5,8-9,12H2,(H,26,32)(H,30,31). The lowest BCUT2D eigenvalue weighted by Crippen LogP contribution is -2.30. The van der Waals surface area contributed by atoms with E-state index in [-0.39, 0.29) is 29.0 Å². The molecule has 1 atom stereocenters.